The van der Waals surface area contributed by atoms with Crippen LogP contribution in [0.1, 0.15) is 194 Å². The maximum atomic E-state index is 12.6. The Labute approximate surface area is 277 Å². The number of allylic oxidation sites excluding steroid dienone is 1. The first-order valence-electron chi connectivity index (χ1n) is 19.0. The Morgan fingerprint density at radius 2 is 1.13 bits per heavy atom. The number of hydrogen-bond donors (Lipinski definition) is 3. The molecule has 0 aliphatic carbocycles. The summed E-state index contributed by atoms with van der Waals surface area (Å²) in [5.41, 5.74) is 5.46. The summed E-state index contributed by atoms with van der Waals surface area (Å²) >= 11 is 0. The van der Waals surface area contributed by atoms with Crippen molar-refractivity contribution in [1.82, 2.24) is 5.32 Å². The number of esters is 1. The van der Waals surface area contributed by atoms with Crippen molar-refractivity contribution in [2.75, 3.05) is 6.54 Å². The molecule has 264 valence electrons. The number of carboxylic acid groups (broad SMARTS) is 1. The van der Waals surface area contributed by atoms with Gasteiger partial charge in [0.1, 0.15) is 12.1 Å². The number of nitrogens with one attached hydrogen (secondary N) is 1. The Balaban J connectivity index is 4.28. The van der Waals surface area contributed by atoms with Crippen LogP contribution in [0, 0.1) is 0 Å². The van der Waals surface area contributed by atoms with Crippen molar-refractivity contribution < 1.29 is 24.2 Å². The summed E-state index contributed by atoms with van der Waals surface area (Å²) in [5, 5.41) is 11.9. The van der Waals surface area contributed by atoms with Gasteiger partial charge in [-0.05, 0) is 64.0 Å². The van der Waals surface area contributed by atoms with Crippen LogP contribution in [0.15, 0.2) is 12.2 Å². The lowest BCUT2D eigenvalue weighted by molar-refractivity contribution is -0.147. The highest BCUT2D eigenvalue weighted by Crippen LogP contribution is 2.16. The fourth-order valence-electron chi connectivity index (χ4n) is 5.65. The monoisotopic (exact) mass is 637 g/mol. The first-order valence-corrected chi connectivity index (χ1v) is 19.0. The number of carbonyl (C=O) groups excluding carboxylic acids is 2. The molecule has 0 aliphatic heterocycles. The van der Waals surface area contributed by atoms with Gasteiger partial charge >= 0.3 is 11.9 Å². The van der Waals surface area contributed by atoms with Crippen LogP contribution in [0.4, 0.5) is 0 Å². The largest absolute Gasteiger partial charge is 0.480 e. The van der Waals surface area contributed by atoms with Gasteiger partial charge in [-0.2, -0.15) is 0 Å². The van der Waals surface area contributed by atoms with Gasteiger partial charge in [-0.15, -0.1) is 0 Å². The smallest absolute Gasteiger partial charge is 0.326 e. The number of carboxylic acids is 1. The summed E-state index contributed by atoms with van der Waals surface area (Å²) < 4.78 is 5.92. The quantitative estimate of drug-likeness (QED) is 0.0367. The molecule has 7 heteroatoms. The first-order chi connectivity index (χ1) is 21.9. The van der Waals surface area contributed by atoms with Gasteiger partial charge in [0.25, 0.3) is 0 Å². The molecule has 0 bridgehead atoms. The fraction of sp³-hybridized carbons (Fsp3) is 0.868. The van der Waals surface area contributed by atoms with Gasteiger partial charge in [-0.25, -0.2) is 4.79 Å². The average Bonchev–Trinajstić information content (AvgIpc) is 3.02. The van der Waals surface area contributed by atoms with Gasteiger partial charge in [0.15, 0.2) is 0 Å². The molecule has 0 fully saturated rings. The molecule has 0 aliphatic rings. The molecule has 0 saturated heterocycles. The molecule has 45 heavy (non-hydrogen) atoms. The topological polar surface area (TPSA) is 119 Å². The molecule has 0 aromatic carbocycles. The van der Waals surface area contributed by atoms with Crippen LogP contribution in [0.2, 0.25) is 0 Å². The first kappa shape index (κ1) is 43.1. The van der Waals surface area contributed by atoms with E-state index in [4.69, 9.17) is 10.5 Å². The molecule has 2 unspecified atom stereocenters. The normalized spacial score (nSPS) is 12.8. The molecule has 0 radical (unpaired) electrons. The van der Waals surface area contributed by atoms with Crippen LogP contribution < -0.4 is 11.1 Å². The Morgan fingerprint density at radius 3 is 1.67 bits per heavy atom. The summed E-state index contributed by atoms with van der Waals surface area (Å²) in [7, 11) is 0. The molecule has 0 aromatic rings. The summed E-state index contributed by atoms with van der Waals surface area (Å²) in [6, 6.07) is -0.849. The van der Waals surface area contributed by atoms with Crippen molar-refractivity contribution in [3.63, 3.8) is 0 Å². The van der Waals surface area contributed by atoms with E-state index in [0.717, 1.165) is 64.2 Å². The van der Waals surface area contributed by atoms with Crippen molar-refractivity contribution in [3.05, 3.63) is 12.2 Å². The zero-order valence-corrected chi connectivity index (χ0v) is 29.5. The zero-order valence-electron chi connectivity index (χ0n) is 29.5. The third kappa shape index (κ3) is 30.5. The van der Waals surface area contributed by atoms with Crippen molar-refractivity contribution >= 4 is 17.8 Å². The van der Waals surface area contributed by atoms with Gasteiger partial charge in [-0.3, -0.25) is 9.59 Å². The molecule has 0 spiro atoms. The Morgan fingerprint density at radius 1 is 0.644 bits per heavy atom. The summed E-state index contributed by atoms with van der Waals surface area (Å²) in [6.07, 6.45) is 34.1. The van der Waals surface area contributed by atoms with Crippen LogP contribution in [0.3, 0.4) is 0 Å². The Bertz CT molecular complexity index is 727. The van der Waals surface area contributed by atoms with Crippen molar-refractivity contribution in [2.24, 2.45) is 5.73 Å². The minimum atomic E-state index is -1.00. The van der Waals surface area contributed by atoms with Gasteiger partial charge in [0.2, 0.25) is 5.91 Å². The highest BCUT2D eigenvalue weighted by molar-refractivity contribution is 5.83. The van der Waals surface area contributed by atoms with E-state index in [1.807, 2.05) is 0 Å². The second-order valence-corrected chi connectivity index (χ2v) is 13.0. The average molecular weight is 637 g/mol. The van der Waals surface area contributed by atoms with Crippen LogP contribution in [0.25, 0.3) is 0 Å². The number of carbonyl (C=O) groups is 3. The van der Waals surface area contributed by atoms with Crippen molar-refractivity contribution in [1.29, 1.82) is 0 Å². The molecule has 0 aromatic heterocycles. The number of aliphatic carboxylic acids is 1. The van der Waals surface area contributed by atoms with E-state index in [1.54, 1.807) is 0 Å². The number of hydrogen-bond acceptors (Lipinski definition) is 5. The number of unbranched alkanes of at least 4 members (excludes halogenated alkanes) is 20. The Kier molecular flexibility index (Phi) is 32.1. The van der Waals surface area contributed by atoms with Crippen LogP contribution in [-0.2, 0) is 19.1 Å². The van der Waals surface area contributed by atoms with Crippen LogP contribution in [-0.4, -0.2) is 41.6 Å². The lowest BCUT2D eigenvalue weighted by Crippen LogP contribution is -2.40. The lowest BCUT2D eigenvalue weighted by atomic mass is 10.0. The van der Waals surface area contributed by atoms with E-state index in [9.17, 15) is 19.5 Å². The maximum absolute atomic E-state index is 12.6. The zero-order chi connectivity index (χ0) is 33.2. The predicted molar refractivity (Wildman–Crippen MR) is 188 cm³/mol. The fourth-order valence-corrected chi connectivity index (χ4v) is 5.65. The lowest BCUT2D eigenvalue weighted by Gasteiger charge is -2.15. The highest BCUT2D eigenvalue weighted by atomic mass is 16.5. The van der Waals surface area contributed by atoms with Gasteiger partial charge < -0.3 is 20.9 Å². The number of amides is 1. The summed E-state index contributed by atoms with van der Waals surface area (Å²) in [4.78, 5) is 36.0. The van der Waals surface area contributed by atoms with E-state index in [-0.39, 0.29) is 18.0 Å². The second-order valence-electron chi connectivity index (χ2n) is 13.0. The SMILES string of the molecule is CCCCCCCC/C=C\C(CCCCCCCCC(=O)NC(CCCN)C(=O)O)OC(=O)CCCCCCCCCCCC. The minimum Gasteiger partial charge on any atom is -0.480 e. The third-order valence-corrected chi connectivity index (χ3v) is 8.57. The summed E-state index contributed by atoms with van der Waals surface area (Å²) in [6.45, 7) is 4.91. The molecular formula is C38H72N2O5. The van der Waals surface area contributed by atoms with Crippen LogP contribution in [0.5, 0.6) is 0 Å². The number of rotatable bonds is 34. The molecular weight excluding hydrogens is 564 g/mol. The minimum absolute atomic E-state index is 0.0600. The molecule has 7 nitrogen and oxygen atoms in total. The maximum Gasteiger partial charge on any atom is 0.326 e. The van der Waals surface area contributed by atoms with E-state index in [2.05, 4.69) is 31.3 Å². The molecule has 1 amide bonds. The predicted octanol–water partition coefficient (Wildman–Crippen LogP) is 9.95. The molecule has 4 N–H and O–H groups in total. The molecule has 0 rings (SSSR count). The van der Waals surface area contributed by atoms with Gasteiger partial charge in [-0.1, -0.05) is 135 Å². The van der Waals surface area contributed by atoms with E-state index in [0.29, 0.717) is 32.2 Å². The molecule has 0 saturated carbocycles. The summed E-state index contributed by atoms with van der Waals surface area (Å²) in [5.74, 6) is -1.26. The third-order valence-electron chi connectivity index (χ3n) is 8.57. The highest BCUT2D eigenvalue weighted by Gasteiger charge is 2.18. The van der Waals surface area contributed by atoms with E-state index >= 15 is 0 Å². The van der Waals surface area contributed by atoms with E-state index in [1.165, 1.54) is 89.9 Å². The Hall–Kier alpha value is -1.89. The van der Waals surface area contributed by atoms with Crippen molar-refractivity contribution in [2.45, 2.75) is 206 Å². The molecule has 0 heterocycles. The van der Waals surface area contributed by atoms with Gasteiger partial charge in [0.05, 0.1) is 0 Å². The number of nitrogens with two attached hydrogens (primary N) is 1. The van der Waals surface area contributed by atoms with Gasteiger partial charge in [0, 0.05) is 12.8 Å². The standard InChI is InChI=1S/C38H72N2O5/c1-3-5-7-9-11-13-14-16-22-26-32-37(42)45-34(28-23-19-15-12-10-8-6-4-2)29-24-20-17-18-21-25-31-36(41)40-35(38(43)44)30-27-33-39/h23,28,34-35H,3-22,24-27,29-33,39H2,1-2H3,(H,40,41)(H,43,44)/b28-23-. The van der Waals surface area contributed by atoms with Crippen LogP contribution >= 0.6 is 0 Å². The van der Waals surface area contributed by atoms with Crippen molar-refractivity contribution in [3.8, 4) is 0 Å². The second kappa shape index (κ2) is 33.5. The number of ether oxygens (including phenoxy) is 1. The van der Waals surface area contributed by atoms with E-state index < -0.39 is 12.0 Å². The molecule has 2 atom stereocenters.